The molecule has 0 amide bonds. The Labute approximate surface area is 86.2 Å². The first-order valence-corrected chi connectivity index (χ1v) is 6.15. The predicted octanol–water partition coefficient (Wildman–Crippen LogP) is 0.892. The summed E-state index contributed by atoms with van der Waals surface area (Å²) in [6.07, 6.45) is 2.78. The lowest BCUT2D eigenvalue weighted by atomic mass is 10.0. The summed E-state index contributed by atoms with van der Waals surface area (Å²) < 4.78 is 27.3. The van der Waals surface area contributed by atoms with Crippen LogP contribution in [0.3, 0.4) is 0 Å². The van der Waals surface area contributed by atoms with Crippen molar-refractivity contribution in [2.24, 2.45) is 11.1 Å². The molecule has 84 valence electrons. The first-order valence-electron chi connectivity index (χ1n) is 4.55. The molecule has 0 rings (SSSR count). The van der Waals surface area contributed by atoms with Gasteiger partial charge in [-0.05, 0) is 18.8 Å². The number of hydrogen-bond donors (Lipinski definition) is 1. The number of nitrogens with two attached hydrogens (primary N) is 1. The minimum atomic E-state index is -3.49. The number of hydrogen-bond acceptors (Lipinski definition) is 3. The van der Waals surface area contributed by atoms with Gasteiger partial charge in [0.2, 0.25) is 10.0 Å². The van der Waals surface area contributed by atoms with Gasteiger partial charge < -0.3 is 4.74 Å². The lowest BCUT2D eigenvalue weighted by molar-refractivity contribution is 0.188. The summed E-state index contributed by atoms with van der Waals surface area (Å²) in [6.45, 7) is 5.84. The van der Waals surface area contributed by atoms with Crippen molar-refractivity contribution in [3.8, 4) is 0 Å². The van der Waals surface area contributed by atoms with Gasteiger partial charge in [-0.1, -0.05) is 13.0 Å². The molecular formula is C9H19NO3S. The molecule has 0 radical (unpaired) electrons. The number of sulfonamides is 1. The van der Waals surface area contributed by atoms with E-state index in [-0.39, 0.29) is 5.92 Å². The van der Waals surface area contributed by atoms with Crippen molar-refractivity contribution in [2.75, 3.05) is 13.7 Å². The van der Waals surface area contributed by atoms with Gasteiger partial charge in [-0.3, -0.25) is 0 Å². The second kappa shape index (κ2) is 6.16. The van der Waals surface area contributed by atoms with Crippen molar-refractivity contribution in [3.63, 3.8) is 0 Å². The van der Waals surface area contributed by atoms with Gasteiger partial charge in [-0.15, -0.1) is 6.58 Å². The molecule has 5 heteroatoms. The maximum atomic E-state index is 11.2. The van der Waals surface area contributed by atoms with Crippen molar-refractivity contribution >= 4 is 10.0 Å². The van der Waals surface area contributed by atoms with Crippen molar-refractivity contribution in [3.05, 3.63) is 12.7 Å². The van der Waals surface area contributed by atoms with Crippen LogP contribution >= 0.6 is 0 Å². The van der Waals surface area contributed by atoms with Crippen LogP contribution in [0.5, 0.6) is 0 Å². The first-order chi connectivity index (χ1) is 6.43. The molecular weight excluding hydrogens is 202 g/mol. The summed E-state index contributed by atoms with van der Waals surface area (Å²) in [4.78, 5) is 0. The number of methoxy groups -OCH3 is 1. The molecule has 0 bridgehead atoms. The molecule has 0 saturated heterocycles. The van der Waals surface area contributed by atoms with E-state index in [1.807, 2.05) is 6.92 Å². The second-order valence-electron chi connectivity index (χ2n) is 3.41. The number of rotatable bonds is 7. The Morgan fingerprint density at radius 2 is 2.14 bits per heavy atom. The Kier molecular flexibility index (Phi) is 5.99. The SMILES string of the molecule is C=CC[C@@H](C)[C@@H](CCOC)S(N)(=O)=O. The van der Waals surface area contributed by atoms with Gasteiger partial charge in [-0.25, -0.2) is 13.6 Å². The Bertz CT molecular complexity index is 261. The minimum absolute atomic E-state index is 0.0161. The fraction of sp³-hybridized carbons (Fsp3) is 0.778. The van der Waals surface area contributed by atoms with Gasteiger partial charge in [0, 0.05) is 13.7 Å². The summed E-state index contributed by atoms with van der Waals surface area (Å²) in [5.41, 5.74) is 0. The van der Waals surface area contributed by atoms with Crippen LogP contribution in [0, 0.1) is 5.92 Å². The fourth-order valence-electron chi connectivity index (χ4n) is 1.42. The van der Waals surface area contributed by atoms with Crippen LogP contribution in [0.25, 0.3) is 0 Å². The summed E-state index contributed by atoms with van der Waals surface area (Å²) in [5, 5.41) is 4.59. The van der Waals surface area contributed by atoms with Crippen molar-refractivity contribution in [1.29, 1.82) is 0 Å². The smallest absolute Gasteiger partial charge is 0.212 e. The summed E-state index contributed by atoms with van der Waals surface area (Å²) >= 11 is 0. The van der Waals surface area contributed by atoms with Crippen LogP contribution in [0.1, 0.15) is 19.8 Å². The van der Waals surface area contributed by atoms with E-state index >= 15 is 0 Å². The lowest BCUT2D eigenvalue weighted by Crippen LogP contribution is -2.34. The molecule has 0 spiro atoms. The Morgan fingerprint density at radius 1 is 1.57 bits per heavy atom. The van der Waals surface area contributed by atoms with Crippen LogP contribution in [-0.4, -0.2) is 27.4 Å². The monoisotopic (exact) mass is 221 g/mol. The van der Waals surface area contributed by atoms with Gasteiger partial charge in [0.25, 0.3) is 0 Å². The van der Waals surface area contributed by atoms with E-state index in [2.05, 4.69) is 6.58 Å². The second-order valence-corrected chi connectivity index (χ2v) is 5.19. The largest absolute Gasteiger partial charge is 0.385 e. The van der Waals surface area contributed by atoms with Gasteiger partial charge in [-0.2, -0.15) is 0 Å². The van der Waals surface area contributed by atoms with Gasteiger partial charge >= 0.3 is 0 Å². The number of primary sulfonamides is 1. The Morgan fingerprint density at radius 3 is 2.50 bits per heavy atom. The third-order valence-electron chi connectivity index (χ3n) is 2.20. The highest BCUT2D eigenvalue weighted by molar-refractivity contribution is 7.89. The van der Waals surface area contributed by atoms with Crippen LogP contribution < -0.4 is 5.14 Å². The van der Waals surface area contributed by atoms with E-state index in [0.29, 0.717) is 19.4 Å². The van der Waals surface area contributed by atoms with Crippen LogP contribution in [-0.2, 0) is 14.8 Å². The molecule has 4 nitrogen and oxygen atoms in total. The number of allylic oxidation sites excluding steroid dienone is 1. The standard InChI is InChI=1S/C9H19NO3S/c1-4-5-8(2)9(6-7-13-3)14(10,11)12/h4,8-9H,1,5-7H2,2-3H3,(H2,10,11,12)/t8-,9-/m1/s1. The molecule has 0 aliphatic heterocycles. The lowest BCUT2D eigenvalue weighted by Gasteiger charge is -2.20. The van der Waals surface area contributed by atoms with Crippen LogP contribution in [0.2, 0.25) is 0 Å². The molecule has 0 aliphatic carbocycles. The molecule has 0 heterocycles. The van der Waals surface area contributed by atoms with Gasteiger partial charge in [0.1, 0.15) is 0 Å². The molecule has 0 aromatic rings. The first kappa shape index (κ1) is 13.6. The normalized spacial score (nSPS) is 16.2. The molecule has 0 unspecified atom stereocenters. The topological polar surface area (TPSA) is 69.4 Å². The highest BCUT2D eigenvalue weighted by Crippen LogP contribution is 2.18. The molecule has 2 atom stereocenters. The van der Waals surface area contributed by atoms with Gasteiger partial charge in [0.15, 0.2) is 0 Å². The summed E-state index contributed by atoms with van der Waals surface area (Å²) in [6, 6.07) is 0. The van der Waals surface area contributed by atoms with Crippen molar-refractivity contribution in [1.82, 2.24) is 0 Å². The minimum Gasteiger partial charge on any atom is -0.385 e. The highest BCUT2D eigenvalue weighted by Gasteiger charge is 2.26. The molecule has 0 saturated carbocycles. The van der Waals surface area contributed by atoms with E-state index in [9.17, 15) is 8.42 Å². The number of ether oxygens (including phenoxy) is 1. The predicted molar refractivity (Wildman–Crippen MR) is 57.4 cm³/mol. The molecule has 0 aliphatic rings. The zero-order chi connectivity index (χ0) is 11.2. The van der Waals surface area contributed by atoms with E-state index in [1.54, 1.807) is 13.2 Å². The fourth-order valence-corrected chi connectivity index (χ4v) is 2.60. The van der Waals surface area contributed by atoms with Crippen molar-refractivity contribution in [2.45, 2.75) is 25.0 Å². The zero-order valence-corrected chi connectivity index (χ0v) is 9.59. The van der Waals surface area contributed by atoms with Gasteiger partial charge in [0.05, 0.1) is 5.25 Å². The summed E-state index contributed by atoms with van der Waals surface area (Å²) in [5.74, 6) is -0.0161. The average molecular weight is 221 g/mol. The summed E-state index contributed by atoms with van der Waals surface area (Å²) in [7, 11) is -1.95. The Balaban J connectivity index is 4.46. The van der Waals surface area contributed by atoms with Crippen molar-refractivity contribution < 1.29 is 13.2 Å². The van der Waals surface area contributed by atoms with E-state index < -0.39 is 15.3 Å². The molecule has 14 heavy (non-hydrogen) atoms. The molecule has 0 aromatic carbocycles. The third-order valence-corrected chi connectivity index (χ3v) is 3.75. The van der Waals surface area contributed by atoms with E-state index in [0.717, 1.165) is 0 Å². The van der Waals surface area contributed by atoms with Crippen LogP contribution in [0.15, 0.2) is 12.7 Å². The highest BCUT2D eigenvalue weighted by atomic mass is 32.2. The van der Waals surface area contributed by atoms with E-state index in [1.165, 1.54) is 0 Å². The molecule has 0 aromatic heterocycles. The molecule has 0 fully saturated rings. The van der Waals surface area contributed by atoms with Crippen LogP contribution in [0.4, 0.5) is 0 Å². The zero-order valence-electron chi connectivity index (χ0n) is 8.77. The Hall–Kier alpha value is -0.390. The average Bonchev–Trinajstić information content (AvgIpc) is 2.03. The third kappa shape index (κ3) is 4.74. The van der Waals surface area contributed by atoms with E-state index in [4.69, 9.17) is 9.88 Å². The maximum Gasteiger partial charge on any atom is 0.212 e. The molecule has 2 N–H and O–H groups in total. The maximum absolute atomic E-state index is 11.2. The quantitative estimate of drug-likeness (QED) is 0.649.